The van der Waals surface area contributed by atoms with Crippen molar-refractivity contribution < 1.29 is 23.1 Å². The number of aliphatic hydroxyl groups is 1. The maximum atomic E-state index is 13.0. The molecule has 2 heterocycles. The molecule has 3 aliphatic rings. The van der Waals surface area contributed by atoms with Gasteiger partial charge in [0, 0.05) is 23.7 Å². The van der Waals surface area contributed by atoms with E-state index in [1.165, 1.54) is 17.7 Å². The fraction of sp³-hybridized carbons (Fsp3) is 0.483. The molecule has 1 aliphatic carbocycles. The second-order valence-electron chi connectivity index (χ2n) is 10.7. The molecule has 0 unspecified atom stereocenters. The summed E-state index contributed by atoms with van der Waals surface area (Å²) < 4.78 is 33.6. The van der Waals surface area contributed by atoms with E-state index in [1.54, 1.807) is 18.2 Å². The molecular weight excluding hydrogens is 524 g/mol. The van der Waals surface area contributed by atoms with E-state index >= 15 is 0 Å². The van der Waals surface area contributed by atoms with Crippen molar-refractivity contribution in [1.29, 1.82) is 0 Å². The van der Waals surface area contributed by atoms with Crippen LogP contribution in [0.5, 0.6) is 5.75 Å². The van der Waals surface area contributed by atoms with Crippen molar-refractivity contribution in [2.75, 3.05) is 23.7 Å². The van der Waals surface area contributed by atoms with Gasteiger partial charge in [-0.15, -0.1) is 0 Å². The van der Waals surface area contributed by atoms with Crippen molar-refractivity contribution in [3.8, 4) is 5.75 Å². The Morgan fingerprint density at radius 3 is 2.63 bits per heavy atom. The molecule has 7 nitrogen and oxygen atoms in total. The molecule has 1 saturated carbocycles. The van der Waals surface area contributed by atoms with E-state index < -0.39 is 22.0 Å². The summed E-state index contributed by atoms with van der Waals surface area (Å²) in [6.45, 7) is 2.00. The van der Waals surface area contributed by atoms with Crippen LogP contribution in [0.2, 0.25) is 5.02 Å². The number of hydrogen-bond donors (Lipinski definition) is 2. The number of fused-ring (bicyclic) bond motifs is 3. The molecule has 3 atom stereocenters. The van der Waals surface area contributed by atoms with E-state index in [0.717, 1.165) is 62.9 Å². The van der Waals surface area contributed by atoms with Gasteiger partial charge in [0.05, 0.1) is 17.5 Å². The van der Waals surface area contributed by atoms with Gasteiger partial charge >= 0.3 is 0 Å². The zero-order chi connectivity index (χ0) is 26.7. The zero-order valence-electron chi connectivity index (χ0n) is 21.4. The molecule has 5 rings (SSSR count). The standard InChI is InChI=1S/C29H35ClN2O5S/c30-25-11-8-24-19-37-28-13-10-22-17-27(28)32(14-2-1-4-21(24)16-25)18-23-7-6-20(23)9-12-26(33)5-3-15-38(35,36)31-29(22)34/h3,5,8,10-11,13,16-17,20,23,26,33H,1-2,4,6-7,9,12,14-15,18-19H2,(H,31,34)/b5-3+/t20-,23-,26+/m0/s1. The molecule has 1 fully saturated rings. The Morgan fingerprint density at radius 2 is 1.82 bits per heavy atom. The van der Waals surface area contributed by atoms with Crippen LogP contribution in [0.3, 0.4) is 0 Å². The van der Waals surface area contributed by atoms with Crippen molar-refractivity contribution in [2.24, 2.45) is 11.8 Å². The molecule has 1 amide bonds. The lowest BCUT2D eigenvalue weighted by atomic mass is 9.70. The van der Waals surface area contributed by atoms with E-state index in [0.29, 0.717) is 35.6 Å². The van der Waals surface area contributed by atoms with Gasteiger partial charge < -0.3 is 14.7 Å². The zero-order valence-corrected chi connectivity index (χ0v) is 23.0. The quantitative estimate of drug-likeness (QED) is 0.448. The number of ether oxygens (including phenoxy) is 1. The maximum absolute atomic E-state index is 13.0. The number of carbonyl (C=O) groups excluding carboxylic acids is 1. The molecule has 0 spiro atoms. The molecule has 38 heavy (non-hydrogen) atoms. The first kappa shape index (κ1) is 27.0. The number of rotatable bonds is 0. The topological polar surface area (TPSA) is 95.9 Å². The Labute approximate surface area is 229 Å². The van der Waals surface area contributed by atoms with Crippen molar-refractivity contribution in [3.05, 3.63) is 70.3 Å². The van der Waals surface area contributed by atoms with Gasteiger partial charge in [-0.05, 0) is 98.2 Å². The van der Waals surface area contributed by atoms with Crippen LogP contribution in [-0.2, 0) is 23.1 Å². The minimum atomic E-state index is -3.89. The first-order valence-electron chi connectivity index (χ1n) is 13.5. The Bertz CT molecular complexity index is 1310. The van der Waals surface area contributed by atoms with E-state index in [-0.39, 0.29) is 11.3 Å². The first-order valence-corrected chi connectivity index (χ1v) is 15.5. The molecule has 2 aromatic carbocycles. The monoisotopic (exact) mass is 558 g/mol. The Morgan fingerprint density at radius 1 is 1.00 bits per heavy atom. The maximum Gasteiger partial charge on any atom is 0.264 e. The third-order valence-electron chi connectivity index (χ3n) is 8.02. The lowest BCUT2D eigenvalue weighted by Gasteiger charge is -2.41. The fourth-order valence-corrected chi connectivity index (χ4v) is 6.73. The average molecular weight is 559 g/mol. The first-order chi connectivity index (χ1) is 18.3. The second kappa shape index (κ2) is 11.7. The molecular formula is C29H35ClN2O5S. The number of amides is 1. The van der Waals surface area contributed by atoms with Crippen LogP contribution in [0.4, 0.5) is 5.69 Å². The number of sulfonamides is 1. The Balaban J connectivity index is 1.51. The highest BCUT2D eigenvalue weighted by Gasteiger charge is 2.33. The van der Waals surface area contributed by atoms with Gasteiger partial charge in [0.2, 0.25) is 10.0 Å². The Hall–Kier alpha value is -2.55. The summed E-state index contributed by atoms with van der Waals surface area (Å²) >= 11 is 6.28. The second-order valence-corrected chi connectivity index (χ2v) is 12.9. The van der Waals surface area contributed by atoms with E-state index in [1.807, 2.05) is 18.2 Å². The largest absolute Gasteiger partial charge is 0.487 e. The average Bonchev–Trinajstić information content (AvgIpc) is 2.89. The summed E-state index contributed by atoms with van der Waals surface area (Å²) in [6.07, 6.45) is 8.84. The number of carbonyl (C=O) groups is 1. The number of hydrogen-bond acceptors (Lipinski definition) is 6. The highest BCUT2D eigenvalue weighted by Crippen LogP contribution is 2.41. The number of nitrogens with zero attached hydrogens (tertiary/aromatic N) is 1. The fourth-order valence-electron chi connectivity index (χ4n) is 5.68. The molecule has 2 bridgehead atoms. The van der Waals surface area contributed by atoms with Gasteiger partial charge in [-0.1, -0.05) is 29.8 Å². The molecule has 0 radical (unpaired) electrons. The molecule has 2 N–H and O–H groups in total. The lowest BCUT2D eigenvalue weighted by molar-refractivity contribution is 0.0981. The van der Waals surface area contributed by atoms with Crippen LogP contribution in [0.25, 0.3) is 0 Å². The van der Waals surface area contributed by atoms with Crippen molar-refractivity contribution >= 4 is 33.2 Å². The van der Waals surface area contributed by atoms with Gasteiger partial charge in [0.15, 0.2) is 0 Å². The number of aryl methyl sites for hydroxylation is 1. The molecule has 0 aromatic heterocycles. The predicted octanol–water partition coefficient (Wildman–Crippen LogP) is 4.86. The van der Waals surface area contributed by atoms with Crippen LogP contribution in [-0.4, -0.2) is 44.4 Å². The van der Waals surface area contributed by atoms with Gasteiger partial charge in [0.1, 0.15) is 12.4 Å². The van der Waals surface area contributed by atoms with Crippen LogP contribution in [0.15, 0.2) is 48.6 Å². The predicted molar refractivity (Wildman–Crippen MR) is 149 cm³/mol. The number of benzene rings is 2. The highest BCUT2D eigenvalue weighted by molar-refractivity contribution is 7.90. The third-order valence-corrected chi connectivity index (χ3v) is 9.39. The SMILES string of the molecule is O=C1NS(=O)(=O)C/C=C/[C@@H](O)CC[C@@H]2CC[C@H]2CN2CCCCc3cc(Cl)ccc3COc3ccc1cc32. The minimum Gasteiger partial charge on any atom is -0.487 e. The van der Waals surface area contributed by atoms with Gasteiger partial charge in [-0.2, -0.15) is 0 Å². The van der Waals surface area contributed by atoms with Crippen molar-refractivity contribution in [3.63, 3.8) is 0 Å². The summed E-state index contributed by atoms with van der Waals surface area (Å²) in [7, 11) is -3.89. The number of halogens is 1. The van der Waals surface area contributed by atoms with Crippen LogP contribution in [0, 0.1) is 11.8 Å². The van der Waals surface area contributed by atoms with Crippen molar-refractivity contribution in [1.82, 2.24) is 4.72 Å². The van der Waals surface area contributed by atoms with E-state index in [2.05, 4.69) is 9.62 Å². The lowest BCUT2D eigenvalue weighted by Crippen LogP contribution is -2.39. The van der Waals surface area contributed by atoms with E-state index in [9.17, 15) is 18.3 Å². The molecule has 204 valence electrons. The summed E-state index contributed by atoms with van der Waals surface area (Å²) in [5.41, 5.74) is 3.35. The summed E-state index contributed by atoms with van der Waals surface area (Å²) in [5.74, 6) is 0.624. The number of anilines is 1. The summed E-state index contributed by atoms with van der Waals surface area (Å²) in [4.78, 5) is 15.3. The molecule has 9 heteroatoms. The minimum absolute atomic E-state index is 0.268. The number of aliphatic hydroxyl groups excluding tert-OH is 1. The third kappa shape index (κ3) is 6.53. The molecule has 2 aliphatic heterocycles. The van der Waals surface area contributed by atoms with Gasteiger partial charge in [0.25, 0.3) is 5.91 Å². The summed E-state index contributed by atoms with van der Waals surface area (Å²) in [6, 6.07) is 11.0. The smallest absolute Gasteiger partial charge is 0.264 e. The highest BCUT2D eigenvalue weighted by atomic mass is 35.5. The van der Waals surface area contributed by atoms with Crippen LogP contribution < -0.4 is 14.4 Å². The summed E-state index contributed by atoms with van der Waals surface area (Å²) in [5, 5.41) is 11.1. The Kier molecular flexibility index (Phi) is 8.31. The van der Waals surface area contributed by atoms with Crippen LogP contribution in [0.1, 0.15) is 60.0 Å². The molecule has 0 saturated heterocycles. The van der Waals surface area contributed by atoms with Crippen LogP contribution >= 0.6 is 11.6 Å². The van der Waals surface area contributed by atoms with E-state index in [4.69, 9.17) is 16.3 Å². The normalized spacial score (nSPS) is 26.8. The van der Waals surface area contributed by atoms with Gasteiger partial charge in [-0.25, -0.2) is 13.1 Å². The van der Waals surface area contributed by atoms with Gasteiger partial charge in [-0.3, -0.25) is 4.79 Å². The van der Waals surface area contributed by atoms with Crippen molar-refractivity contribution in [2.45, 2.75) is 57.7 Å². The molecule has 2 aromatic rings. The number of nitrogens with one attached hydrogen (secondary N) is 1.